The second-order valence-electron chi connectivity index (χ2n) is 4.49. The molecular weight excluding hydrogens is 295 g/mol. The van der Waals surface area contributed by atoms with Crippen molar-refractivity contribution >= 4 is 34.6 Å². The maximum atomic E-state index is 6.20. The van der Waals surface area contributed by atoms with Crippen LogP contribution in [0.1, 0.15) is 18.5 Å². The third-order valence-electron chi connectivity index (χ3n) is 3.06. The summed E-state index contributed by atoms with van der Waals surface area (Å²) in [4.78, 5) is 0. The van der Waals surface area contributed by atoms with Crippen molar-refractivity contribution in [3.05, 3.63) is 52.0 Å². The van der Waals surface area contributed by atoms with Gasteiger partial charge in [0.25, 0.3) is 0 Å². The number of halogens is 2. The van der Waals surface area contributed by atoms with Crippen molar-refractivity contribution in [3.8, 4) is 5.75 Å². The maximum Gasteiger partial charge on any atom is 0.121 e. The van der Waals surface area contributed by atoms with Crippen molar-refractivity contribution in [3.63, 3.8) is 0 Å². The Balaban J connectivity index is 2.21. The topological polar surface area (TPSA) is 47.3 Å². The monoisotopic (exact) mass is 310 g/mol. The molecule has 2 aromatic carbocycles. The summed E-state index contributed by atoms with van der Waals surface area (Å²) >= 11 is 12.1. The molecule has 0 aliphatic rings. The number of anilines is 2. The highest BCUT2D eigenvalue weighted by atomic mass is 35.5. The number of nitrogens with two attached hydrogens (primary N) is 1. The molecule has 0 fully saturated rings. The predicted molar refractivity (Wildman–Crippen MR) is 85.9 cm³/mol. The molecule has 0 saturated carbocycles. The molecular formula is C15H16Cl2N2O. The highest BCUT2D eigenvalue weighted by Gasteiger charge is 2.11. The molecule has 0 spiro atoms. The van der Waals surface area contributed by atoms with Crippen LogP contribution in [-0.2, 0) is 0 Å². The number of rotatable bonds is 4. The maximum absolute atomic E-state index is 6.20. The van der Waals surface area contributed by atoms with Gasteiger partial charge in [-0.25, -0.2) is 0 Å². The molecule has 0 saturated heterocycles. The van der Waals surface area contributed by atoms with E-state index in [2.05, 4.69) is 5.32 Å². The van der Waals surface area contributed by atoms with E-state index < -0.39 is 0 Å². The molecule has 0 heterocycles. The molecule has 0 amide bonds. The number of nitrogen functional groups attached to an aromatic ring is 1. The van der Waals surface area contributed by atoms with Crippen LogP contribution < -0.4 is 15.8 Å². The van der Waals surface area contributed by atoms with E-state index in [1.807, 2.05) is 31.2 Å². The van der Waals surface area contributed by atoms with Gasteiger partial charge in [0, 0.05) is 16.1 Å². The average Bonchev–Trinajstić information content (AvgIpc) is 2.40. The zero-order valence-corrected chi connectivity index (χ0v) is 12.8. The minimum absolute atomic E-state index is 0.00969. The first-order chi connectivity index (χ1) is 9.51. The standard InChI is InChI=1S/C15H16Cl2N2O/c1-9(12-5-3-10(16)7-13(12)17)19-15-6-4-11(20-2)8-14(15)18/h3-9,19H,18H2,1-2H3. The van der Waals surface area contributed by atoms with Crippen LogP contribution >= 0.6 is 23.2 Å². The fourth-order valence-electron chi connectivity index (χ4n) is 1.96. The lowest BCUT2D eigenvalue weighted by molar-refractivity contribution is 0.415. The fourth-order valence-corrected chi connectivity index (χ4v) is 2.54. The summed E-state index contributed by atoms with van der Waals surface area (Å²) in [5, 5.41) is 4.58. The van der Waals surface area contributed by atoms with E-state index in [0.29, 0.717) is 15.7 Å². The van der Waals surface area contributed by atoms with Gasteiger partial charge in [-0.1, -0.05) is 29.3 Å². The van der Waals surface area contributed by atoms with Gasteiger partial charge in [-0.3, -0.25) is 0 Å². The molecule has 5 heteroatoms. The number of hydrogen-bond acceptors (Lipinski definition) is 3. The second-order valence-corrected chi connectivity index (χ2v) is 5.33. The Morgan fingerprint density at radius 2 is 1.90 bits per heavy atom. The van der Waals surface area contributed by atoms with E-state index in [1.165, 1.54) is 0 Å². The van der Waals surface area contributed by atoms with Gasteiger partial charge in [0.1, 0.15) is 5.75 Å². The third kappa shape index (κ3) is 3.30. The van der Waals surface area contributed by atoms with Gasteiger partial charge in [-0.2, -0.15) is 0 Å². The summed E-state index contributed by atoms with van der Waals surface area (Å²) in [5.41, 5.74) is 8.42. The lowest BCUT2D eigenvalue weighted by Gasteiger charge is -2.19. The number of hydrogen-bond donors (Lipinski definition) is 2. The molecule has 3 N–H and O–H groups in total. The fraction of sp³-hybridized carbons (Fsp3) is 0.200. The van der Waals surface area contributed by atoms with E-state index in [1.54, 1.807) is 19.2 Å². The van der Waals surface area contributed by atoms with E-state index in [-0.39, 0.29) is 6.04 Å². The summed E-state index contributed by atoms with van der Waals surface area (Å²) in [6.45, 7) is 2.01. The average molecular weight is 311 g/mol. The Hall–Kier alpha value is -1.58. The van der Waals surface area contributed by atoms with Crippen LogP contribution in [0.3, 0.4) is 0 Å². The van der Waals surface area contributed by atoms with Crippen molar-refractivity contribution in [2.45, 2.75) is 13.0 Å². The zero-order chi connectivity index (χ0) is 14.7. The van der Waals surface area contributed by atoms with Crippen LogP contribution in [0.2, 0.25) is 10.0 Å². The molecule has 1 unspecified atom stereocenters. The van der Waals surface area contributed by atoms with Gasteiger partial charge >= 0.3 is 0 Å². The molecule has 0 radical (unpaired) electrons. The minimum Gasteiger partial charge on any atom is -0.497 e. The summed E-state index contributed by atoms with van der Waals surface area (Å²) in [6, 6.07) is 11.0. The minimum atomic E-state index is 0.00969. The summed E-state index contributed by atoms with van der Waals surface area (Å²) in [5.74, 6) is 0.727. The van der Waals surface area contributed by atoms with Crippen molar-refractivity contribution in [2.24, 2.45) is 0 Å². The Bertz CT molecular complexity index is 617. The van der Waals surface area contributed by atoms with Gasteiger partial charge in [-0.15, -0.1) is 0 Å². The Morgan fingerprint density at radius 1 is 1.15 bits per heavy atom. The van der Waals surface area contributed by atoms with Crippen LogP contribution in [0.15, 0.2) is 36.4 Å². The zero-order valence-electron chi connectivity index (χ0n) is 11.3. The first kappa shape index (κ1) is 14.8. The molecule has 0 aliphatic carbocycles. The quantitative estimate of drug-likeness (QED) is 0.801. The van der Waals surface area contributed by atoms with Gasteiger partial charge in [0.15, 0.2) is 0 Å². The first-order valence-electron chi connectivity index (χ1n) is 6.16. The highest BCUT2D eigenvalue weighted by molar-refractivity contribution is 6.35. The van der Waals surface area contributed by atoms with Gasteiger partial charge < -0.3 is 15.8 Å². The van der Waals surface area contributed by atoms with Crippen LogP contribution in [0, 0.1) is 0 Å². The normalized spacial score (nSPS) is 12.0. The second kappa shape index (κ2) is 6.25. The van der Waals surface area contributed by atoms with E-state index in [4.69, 9.17) is 33.7 Å². The van der Waals surface area contributed by atoms with Crippen molar-refractivity contribution in [2.75, 3.05) is 18.2 Å². The molecule has 0 aliphatic heterocycles. The van der Waals surface area contributed by atoms with E-state index >= 15 is 0 Å². The van der Waals surface area contributed by atoms with E-state index in [9.17, 15) is 0 Å². The lowest BCUT2D eigenvalue weighted by atomic mass is 10.1. The van der Waals surface area contributed by atoms with Crippen LogP contribution in [-0.4, -0.2) is 7.11 Å². The summed E-state index contributed by atoms with van der Waals surface area (Å²) < 4.78 is 5.13. The summed E-state index contributed by atoms with van der Waals surface area (Å²) in [6.07, 6.45) is 0. The van der Waals surface area contributed by atoms with Crippen LogP contribution in [0.25, 0.3) is 0 Å². The van der Waals surface area contributed by atoms with Gasteiger partial charge in [0.05, 0.1) is 24.5 Å². The number of methoxy groups -OCH3 is 1. The molecule has 0 aromatic heterocycles. The van der Waals surface area contributed by atoms with E-state index in [0.717, 1.165) is 17.0 Å². The molecule has 106 valence electrons. The lowest BCUT2D eigenvalue weighted by Crippen LogP contribution is -2.09. The molecule has 0 bridgehead atoms. The number of ether oxygens (including phenoxy) is 1. The molecule has 20 heavy (non-hydrogen) atoms. The van der Waals surface area contributed by atoms with Gasteiger partial charge in [-0.05, 0) is 36.8 Å². The SMILES string of the molecule is COc1ccc(NC(C)c2ccc(Cl)cc2Cl)c(N)c1. The number of nitrogens with one attached hydrogen (secondary N) is 1. The van der Waals surface area contributed by atoms with Crippen LogP contribution in [0.4, 0.5) is 11.4 Å². The largest absolute Gasteiger partial charge is 0.497 e. The Morgan fingerprint density at radius 3 is 2.50 bits per heavy atom. The van der Waals surface area contributed by atoms with Crippen molar-refractivity contribution in [1.82, 2.24) is 0 Å². The number of benzene rings is 2. The van der Waals surface area contributed by atoms with Crippen molar-refractivity contribution in [1.29, 1.82) is 0 Å². The Kier molecular flexibility index (Phi) is 4.63. The van der Waals surface area contributed by atoms with Crippen molar-refractivity contribution < 1.29 is 4.74 Å². The smallest absolute Gasteiger partial charge is 0.121 e. The third-order valence-corrected chi connectivity index (χ3v) is 3.62. The van der Waals surface area contributed by atoms with Gasteiger partial charge in [0.2, 0.25) is 0 Å². The molecule has 2 aromatic rings. The molecule has 2 rings (SSSR count). The predicted octanol–water partition coefficient (Wildman–Crippen LogP) is 4.76. The highest BCUT2D eigenvalue weighted by Crippen LogP contribution is 2.31. The molecule has 3 nitrogen and oxygen atoms in total. The first-order valence-corrected chi connectivity index (χ1v) is 6.92. The molecule has 1 atom stereocenters. The Labute approximate surface area is 128 Å². The summed E-state index contributed by atoms with van der Waals surface area (Å²) in [7, 11) is 1.61. The van der Waals surface area contributed by atoms with Crippen LogP contribution in [0.5, 0.6) is 5.75 Å².